The minimum atomic E-state index is -0.431. The standard InChI is InChI=1S/C34H37FN6O2S/c1-44-26-10-3-8-22-7-2-9-23(28(22)26)17-25-29(35)30-24(19-36-25)31(40-14-4-11-33(20-40)18-27(42)39-33)38-32(37-30)43-21-34-12-5-15-41(34)16-6-13-34/h2-3,7-10,19H,4-6,11-18,20-21H2,1H3,(H,39,42). The lowest BCUT2D eigenvalue weighted by Gasteiger charge is -2.49. The number of benzene rings is 2. The van der Waals surface area contributed by atoms with Crippen molar-refractivity contribution < 1.29 is 13.9 Å². The molecule has 2 aromatic heterocycles. The van der Waals surface area contributed by atoms with Crippen molar-refractivity contribution in [1.29, 1.82) is 0 Å². The molecule has 4 aliphatic rings. The van der Waals surface area contributed by atoms with Crippen molar-refractivity contribution >= 4 is 45.2 Å². The average molecular weight is 613 g/mol. The van der Waals surface area contributed by atoms with Gasteiger partial charge in [0, 0.05) is 30.6 Å². The van der Waals surface area contributed by atoms with E-state index in [2.05, 4.69) is 56.7 Å². The van der Waals surface area contributed by atoms with Crippen molar-refractivity contribution in [3.8, 4) is 6.01 Å². The lowest BCUT2D eigenvalue weighted by atomic mass is 9.80. The van der Waals surface area contributed by atoms with Crippen LogP contribution in [0.15, 0.2) is 47.5 Å². The molecule has 0 bridgehead atoms. The third-order valence-electron chi connectivity index (χ3n) is 10.3. The molecule has 228 valence electrons. The van der Waals surface area contributed by atoms with Crippen LogP contribution in [-0.4, -0.2) is 75.9 Å². The number of halogens is 1. The second-order valence-corrected chi connectivity index (χ2v) is 13.8. The van der Waals surface area contributed by atoms with Crippen LogP contribution in [0, 0.1) is 5.82 Å². The van der Waals surface area contributed by atoms with Crippen LogP contribution < -0.4 is 15.0 Å². The van der Waals surface area contributed by atoms with Gasteiger partial charge in [-0.1, -0.05) is 30.3 Å². The zero-order chi connectivity index (χ0) is 29.9. The van der Waals surface area contributed by atoms with Gasteiger partial charge in [0.1, 0.15) is 17.9 Å². The zero-order valence-electron chi connectivity index (χ0n) is 25.1. The molecule has 2 aromatic carbocycles. The van der Waals surface area contributed by atoms with Crippen LogP contribution in [0.2, 0.25) is 0 Å². The number of anilines is 1. The van der Waals surface area contributed by atoms with Gasteiger partial charge in [-0.25, -0.2) is 4.39 Å². The van der Waals surface area contributed by atoms with Crippen LogP contribution in [0.3, 0.4) is 0 Å². The van der Waals surface area contributed by atoms with E-state index in [0.717, 1.165) is 66.5 Å². The first-order valence-electron chi connectivity index (χ1n) is 15.8. The van der Waals surface area contributed by atoms with E-state index < -0.39 is 5.82 Å². The Morgan fingerprint density at radius 1 is 1.05 bits per heavy atom. The minimum Gasteiger partial charge on any atom is -0.461 e. The molecule has 8 nitrogen and oxygen atoms in total. The Hall–Kier alpha value is -3.50. The Kier molecular flexibility index (Phi) is 6.90. The number of nitrogens with zero attached hydrogens (tertiary/aromatic N) is 5. The molecule has 0 radical (unpaired) electrons. The summed E-state index contributed by atoms with van der Waals surface area (Å²) in [5.74, 6) is 0.279. The highest BCUT2D eigenvalue weighted by atomic mass is 32.2. The summed E-state index contributed by atoms with van der Waals surface area (Å²) >= 11 is 1.69. The molecule has 10 heteroatoms. The van der Waals surface area contributed by atoms with E-state index >= 15 is 4.39 Å². The summed E-state index contributed by atoms with van der Waals surface area (Å²) in [4.78, 5) is 32.1. The molecule has 4 saturated heterocycles. The lowest BCUT2D eigenvalue weighted by Crippen LogP contribution is -2.68. The van der Waals surface area contributed by atoms with Crippen molar-refractivity contribution in [3.63, 3.8) is 0 Å². The monoisotopic (exact) mass is 612 g/mol. The number of carbonyl (C=O) groups is 1. The van der Waals surface area contributed by atoms with Crippen LogP contribution in [0.1, 0.15) is 56.2 Å². The summed E-state index contributed by atoms with van der Waals surface area (Å²) in [7, 11) is 0. The van der Waals surface area contributed by atoms with Gasteiger partial charge in [0.2, 0.25) is 5.91 Å². The molecule has 6 heterocycles. The first-order valence-corrected chi connectivity index (χ1v) is 17.0. The summed E-state index contributed by atoms with van der Waals surface area (Å²) in [6, 6.07) is 12.6. The molecule has 0 aliphatic carbocycles. The van der Waals surface area contributed by atoms with Crippen molar-refractivity contribution in [2.45, 2.75) is 67.3 Å². The number of amides is 1. The van der Waals surface area contributed by atoms with Crippen LogP contribution in [0.25, 0.3) is 21.7 Å². The Balaban J connectivity index is 1.19. The fourth-order valence-electron chi connectivity index (χ4n) is 8.17. The number of rotatable bonds is 7. The van der Waals surface area contributed by atoms with Crippen LogP contribution in [-0.2, 0) is 11.2 Å². The van der Waals surface area contributed by atoms with Crippen molar-refractivity contribution in [2.24, 2.45) is 0 Å². The SMILES string of the molecule is CSc1cccc2cccc(Cc3ncc4c(N5CCCC6(CC(=O)N6)C5)nc(OCC56CCCN5CCC6)nc4c3F)c12. The molecule has 4 fully saturated rings. The second-order valence-electron chi connectivity index (χ2n) is 13.0. The summed E-state index contributed by atoms with van der Waals surface area (Å²) in [5.41, 5.74) is 1.40. The maximum atomic E-state index is 16.6. The number of nitrogens with one attached hydrogen (secondary N) is 1. The Bertz CT molecular complexity index is 1760. The van der Waals surface area contributed by atoms with Gasteiger partial charge < -0.3 is 15.0 Å². The largest absolute Gasteiger partial charge is 0.461 e. The van der Waals surface area contributed by atoms with Gasteiger partial charge in [0.25, 0.3) is 0 Å². The third-order valence-corrected chi connectivity index (χ3v) is 11.1. The minimum absolute atomic E-state index is 0.0230. The smallest absolute Gasteiger partial charge is 0.319 e. The Labute approximate surface area is 260 Å². The number of hydrogen-bond acceptors (Lipinski definition) is 8. The van der Waals surface area contributed by atoms with Crippen LogP contribution in [0.5, 0.6) is 6.01 Å². The van der Waals surface area contributed by atoms with Crippen LogP contribution >= 0.6 is 11.8 Å². The topological polar surface area (TPSA) is 83.5 Å². The normalized spacial score (nSPS) is 22.9. The molecule has 1 unspecified atom stereocenters. The quantitative estimate of drug-likeness (QED) is 0.217. The number of carbonyl (C=O) groups excluding carboxylic acids is 1. The second kappa shape index (κ2) is 10.8. The summed E-state index contributed by atoms with van der Waals surface area (Å²) in [6.45, 7) is 4.09. The zero-order valence-corrected chi connectivity index (χ0v) is 25.9. The molecule has 1 atom stereocenters. The maximum absolute atomic E-state index is 16.6. The summed E-state index contributed by atoms with van der Waals surface area (Å²) in [5, 5.41) is 5.96. The van der Waals surface area contributed by atoms with Crippen molar-refractivity contribution in [3.05, 3.63) is 59.7 Å². The Morgan fingerprint density at radius 2 is 1.82 bits per heavy atom. The molecule has 0 saturated carbocycles. The first kappa shape index (κ1) is 28.0. The van der Waals surface area contributed by atoms with E-state index in [4.69, 9.17) is 14.7 Å². The molecule has 8 rings (SSSR count). The number of aromatic nitrogens is 3. The van der Waals surface area contributed by atoms with Crippen LogP contribution in [0.4, 0.5) is 10.2 Å². The average Bonchev–Trinajstić information content (AvgIpc) is 3.61. The summed E-state index contributed by atoms with van der Waals surface area (Å²) in [6.07, 6.45) is 11.0. The van der Waals surface area contributed by atoms with Gasteiger partial charge in [0.15, 0.2) is 5.82 Å². The first-order chi connectivity index (χ1) is 21.5. The lowest BCUT2D eigenvalue weighted by molar-refractivity contribution is -0.133. The van der Waals surface area contributed by atoms with Crippen molar-refractivity contribution in [1.82, 2.24) is 25.2 Å². The molecule has 44 heavy (non-hydrogen) atoms. The molecule has 1 N–H and O–H groups in total. The predicted molar refractivity (Wildman–Crippen MR) is 171 cm³/mol. The van der Waals surface area contributed by atoms with E-state index in [1.807, 2.05) is 6.07 Å². The number of thioether (sulfide) groups is 1. The number of piperidine rings is 1. The highest BCUT2D eigenvalue weighted by molar-refractivity contribution is 7.98. The van der Waals surface area contributed by atoms with E-state index in [1.165, 1.54) is 12.8 Å². The van der Waals surface area contributed by atoms with E-state index in [0.29, 0.717) is 42.9 Å². The Morgan fingerprint density at radius 3 is 2.59 bits per heavy atom. The van der Waals surface area contributed by atoms with E-state index in [-0.39, 0.29) is 28.5 Å². The van der Waals surface area contributed by atoms with Gasteiger partial charge in [0.05, 0.1) is 28.6 Å². The number of β-lactam (4-membered cyclic amide) rings is 1. The number of ether oxygens (including phenoxy) is 1. The predicted octanol–water partition coefficient (Wildman–Crippen LogP) is 5.50. The number of hydrogen-bond donors (Lipinski definition) is 1. The van der Waals surface area contributed by atoms with Gasteiger partial charge in [-0.15, -0.1) is 11.8 Å². The molecular formula is C34H37FN6O2S. The molecule has 4 aromatic rings. The molecule has 4 aliphatic heterocycles. The molecular weight excluding hydrogens is 575 g/mol. The van der Waals surface area contributed by atoms with Crippen molar-refractivity contribution in [2.75, 3.05) is 43.9 Å². The number of pyridine rings is 1. The fraction of sp³-hybridized carbons (Fsp3) is 0.471. The fourth-order valence-corrected chi connectivity index (χ4v) is 8.84. The van der Waals surface area contributed by atoms with E-state index in [9.17, 15) is 4.79 Å². The molecule has 1 spiro atoms. The molecule has 1 amide bonds. The summed E-state index contributed by atoms with van der Waals surface area (Å²) < 4.78 is 23.0. The van der Waals surface area contributed by atoms with Gasteiger partial charge in [-0.2, -0.15) is 9.97 Å². The number of fused-ring (bicyclic) bond motifs is 3. The maximum Gasteiger partial charge on any atom is 0.319 e. The van der Waals surface area contributed by atoms with E-state index in [1.54, 1.807) is 18.0 Å². The van der Waals surface area contributed by atoms with Gasteiger partial charge in [-0.05, 0) is 80.3 Å². The van der Waals surface area contributed by atoms with Gasteiger partial charge >= 0.3 is 6.01 Å². The third kappa shape index (κ3) is 4.68. The highest BCUT2D eigenvalue weighted by Crippen LogP contribution is 2.40. The van der Waals surface area contributed by atoms with Gasteiger partial charge in [-0.3, -0.25) is 14.7 Å². The highest BCUT2D eigenvalue weighted by Gasteiger charge is 2.47.